The van der Waals surface area contributed by atoms with Crippen molar-refractivity contribution < 1.29 is 9.84 Å². The van der Waals surface area contributed by atoms with Crippen LogP contribution in [-0.4, -0.2) is 5.11 Å². The molecule has 0 amide bonds. The fraction of sp³-hybridized carbons (Fsp3) is 0.556. The predicted octanol–water partition coefficient (Wildman–Crippen LogP) is 2.35. The number of ether oxygens (including phenoxy) is 1. The number of hydrogen-bond donors (Lipinski definition) is 1. The topological polar surface area (TPSA) is 29.5 Å². The molecule has 1 N–H and O–H groups in total. The van der Waals surface area contributed by atoms with Crippen molar-refractivity contribution in [1.29, 1.82) is 0 Å². The van der Waals surface area contributed by atoms with E-state index < -0.39 is 0 Å². The zero-order valence-corrected chi connectivity index (χ0v) is 6.42. The summed E-state index contributed by atoms with van der Waals surface area (Å²) >= 11 is 0. The largest absolute Gasteiger partial charge is 0.508 e. The molecule has 60 valence electrons. The van der Waals surface area contributed by atoms with Crippen LogP contribution in [0.1, 0.15) is 19.3 Å². The number of aliphatic hydroxyl groups excluding tert-OH is 1. The lowest BCUT2D eigenvalue weighted by Crippen LogP contribution is -2.03. The quantitative estimate of drug-likeness (QED) is 0.615. The van der Waals surface area contributed by atoms with Crippen molar-refractivity contribution in [1.82, 2.24) is 0 Å². The summed E-state index contributed by atoms with van der Waals surface area (Å²) in [7, 11) is 0. The van der Waals surface area contributed by atoms with E-state index in [4.69, 9.17) is 4.74 Å². The van der Waals surface area contributed by atoms with Gasteiger partial charge in [-0.25, -0.2) is 0 Å². The van der Waals surface area contributed by atoms with E-state index in [1.54, 1.807) is 0 Å². The van der Waals surface area contributed by atoms with Gasteiger partial charge in [-0.3, -0.25) is 0 Å². The van der Waals surface area contributed by atoms with E-state index in [-0.39, 0.29) is 0 Å². The van der Waals surface area contributed by atoms with Crippen LogP contribution in [-0.2, 0) is 4.74 Å². The lowest BCUT2D eigenvalue weighted by Gasteiger charge is -2.13. The molecular formula is C9H12O2. The summed E-state index contributed by atoms with van der Waals surface area (Å²) in [5, 5.41) is 9.52. The lowest BCUT2D eigenvalue weighted by atomic mass is 10.0. The molecule has 2 aliphatic rings. The van der Waals surface area contributed by atoms with E-state index in [0.29, 0.717) is 17.6 Å². The van der Waals surface area contributed by atoms with Crippen LogP contribution in [0.15, 0.2) is 24.4 Å². The molecule has 1 saturated carbocycles. The molecule has 2 atom stereocenters. The molecule has 0 aliphatic heterocycles. The van der Waals surface area contributed by atoms with Crippen molar-refractivity contribution in [2.45, 2.75) is 19.3 Å². The molecule has 2 aliphatic carbocycles. The molecule has 0 aromatic rings. The minimum absolute atomic E-state index is 0.384. The molecule has 1 fully saturated rings. The van der Waals surface area contributed by atoms with Gasteiger partial charge in [-0.2, -0.15) is 0 Å². The van der Waals surface area contributed by atoms with Gasteiger partial charge in [0.25, 0.3) is 0 Å². The molecule has 0 saturated heterocycles. The Balaban J connectivity index is 2.23. The van der Waals surface area contributed by atoms with Crippen LogP contribution in [0.2, 0.25) is 0 Å². The number of hydrogen-bond acceptors (Lipinski definition) is 2. The third kappa shape index (κ3) is 0.854. The highest BCUT2D eigenvalue weighted by atomic mass is 16.5. The Bertz CT molecular complexity index is 218. The summed E-state index contributed by atoms with van der Waals surface area (Å²) in [5.74, 6) is 2.10. The zero-order valence-electron chi connectivity index (χ0n) is 6.42. The van der Waals surface area contributed by atoms with Crippen molar-refractivity contribution in [3.8, 4) is 0 Å². The third-order valence-corrected chi connectivity index (χ3v) is 2.65. The van der Waals surface area contributed by atoms with Crippen molar-refractivity contribution in [2.75, 3.05) is 0 Å². The predicted molar refractivity (Wildman–Crippen MR) is 41.8 cm³/mol. The maximum absolute atomic E-state index is 9.52. The molecule has 0 aromatic carbocycles. The highest BCUT2D eigenvalue weighted by molar-refractivity contribution is 5.19. The smallest absolute Gasteiger partial charge is 0.144 e. The average Bonchev–Trinajstić information content (AvgIpc) is 2.54. The van der Waals surface area contributed by atoms with E-state index >= 15 is 0 Å². The van der Waals surface area contributed by atoms with Gasteiger partial charge < -0.3 is 9.84 Å². The van der Waals surface area contributed by atoms with Crippen LogP contribution in [0.4, 0.5) is 0 Å². The van der Waals surface area contributed by atoms with Gasteiger partial charge in [0.1, 0.15) is 11.5 Å². The Labute approximate surface area is 66.2 Å². The molecule has 2 nitrogen and oxygen atoms in total. The Morgan fingerprint density at radius 3 is 2.73 bits per heavy atom. The molecule has 11 heavy (non-hydrogen) atoms. The molecular weight excluding hydrogens is 140 g/mol. The Morgan fingerprint density at radius 2 is 2.18 bits per heavy atom. The number of allylic oxidation sites excluding steroid dienone is 2. The average molecular weight is 152 g/mol. The zero-order chi connectivity index (χ0) is 7.84. The summed E-state index contributed by atoms with van der Waals surface area (Å²) in [5.41, 5.74) is 0. The van der Waals surface area contributed by atoms with E-state index in [2.05, 4.69) is 6.58 Å². The van der Waals surface area contributed by atoms with E-state index in [9.17, 15) is 5.11 Å². The molecule has 0 radical (unpaired) electrons. The molecule has 2 rings (SSSR count). The first-order chi connectivity index (χ1) is 5.33. The van der Waals surface area contributed by atoms with Gasteiger partial charge in [0, 0.05) is 11.8 Å². The second-order valence-electron chi connectivity index (χ2n) is 3.24. The van der Waals surface area contributed by atoms with Crippen LogP contribution >= 0.6 is 0 Å². The normalized spacial score (nSPS) is 34.5. The van der Waals surface area contributed by atoms with Gasteiger partial charge >= 0.3 is 0 Å². The van der Waals surface area contributed by atoms with Crippen LogP contribution in [0.25, 0.3) is 0 Å². The van der Waals surface area contributed by atoms with Crippen LogP contribution in [0.5, 0.6) is 0 Å². The Kier molecular flexibility index (Phi) is 1.41. The maximum Gasteiger partial charge on any atom is 0.144 e. The van der Waals surface area contributed by atoms with Crippen molar-refractivity contribution in [3.05, 3.63) is 24.4 Å². The molecule has 0 heterocycles. The first kappa shape index (κ1) is 6.77. The van der Waals surface area contributed by atoms with Crippen molar-refractivity contribution >= 4 is 0 Å². The summed E-state index contributed by atoms with van der Waals surface area (Å²) in [4.78, 5) is 0. The highest BCUT2D eigenvalue weighted by Gasteiger charge is 2.40. The second kappa shape index (κ2) is 2.29. The first-order valence-corrected chi connectivity index (χ1v) is 4.03. The summed E-state index contributed by atoms with van der Waals surface area (Å²) in [6, 6.07) is 0. The molecule has 0 spiro atoms. The van der Waals surface area contributed by atoms with Crippen LogP contribution < -0.4 is 0 Å². The Hall–Kier alpha value is -0.920. The standard InChI is InChI=1S/C9H12O2/c1-2-11-9-7-4-3-6(5-7)8(9)10/h2,6-7,10H,1,3-5H2. The Morgan fingerprint density at radius 1 is 1.45 bits per heavy atom. The summed E-state index contributed by atoms with van der Waals surface area (Å²) in [6.07, 6.45) is 4.76. The monoisotopic (exact) mass is 152 g/mol. The maximum atomic E-state index is 9.52. The lowest BCUT2D eigenvalue weighted by molar-refractivity contribution is 0.247. The van der Waals surface area contributed by atoms with Gasteiger partial charge in [-0.05, 0) is 19.3 Å². The number of rotatable bonds is 2. The molecule has 2 heteroatoms. The molecule has 2 unspecified atom stereocenters. The van der Waals surface area contributed by atoms with Gasteiger partial charge in [0.2, 0.25) is 0 Å². The van der Waals surface area contributed by atoms with E-state index in [1.807, 2.05) is 0 Å². The summed E-state index contributed by atoms with van der Waals surface area (Å²) in [6.45, 7) is 3.47. The fourth-order valence-corrected chi connectivity index (χ4v) is 2.12. The van der Waals surface area contributed by atoms with Gasteiger partial charge in [0.15, 0.2) is 0 Å². The van der Waals surface area contributed by atoms with E-state index in [1.165, 1.54) is 6.26 Å². The van der Waals surface area contributed by atoms with Crippen molar-refractivity contribution in [2.24, 2.45) is 11.8 Å². The minimum atomic E-state index is 0.384. The third-order valence-electron chi connectivity index (χ3n) is 2.65. The van der Waals surface area contributed by atoms with Crippen LogP contribution in [0, 0.1) is 11.8 Å². The summed E-state index contributed by atoms with van der Waals surface area (Å²) < 4.78 is 5.14. The second-order valence-corrected chi connectivity index (χ2v) is 3.24. The number of aliphatic hydroxyl groups is 1. The van der Waals surface area contributed by atoms with Gasteiger partial charge in [0.05, 0.1) is 6.26 Å². The molecule has 2 bridgehead atoms. The van der Waals surface area contributed by atoms with E-state index in [0.717, 1.165) is 25.0 Å². The number of fused-ring (bicyclic) bond motifs is 2. The highest BCUT2D eigenvalue weighted by Crippen LogP contribution is 2.47. The minimum Gasteiger partial charge on any atom is -0.508 e. The SMILES string of the molecule is C=COC1=C(O)C2CCC1C2. The molecule has 0 aromatic heterocycles. The fourth-order valence-electron chi connectivity index (χ4n) is 2.12. The van der Waals surface area contributed by atoms with Gasteiger partial charge in [-0.1, -0.05) is 6.58 Å². The van der Waals surface area contributed by atoms with Gasteiger partial charge in [-0.15, -0.1) is 0 Å². The van der Waals surface area contributed by atoms with Crippen LogP contribution in [0.3, 0.4) is 0 Å². The first-order valence-electron chi connectivity index (χ1n) is 4.03. The van der Waals surface area contributed by atoms with Crippen molar-refractivity contribution in [3.63, 3.8) is 0 Å².